The predicted molar refractivity (Wildman–Crippen MR) is 112 cm³/mol. The van der Waals surface area contributed by atoms with Crippen LogP contribution in [0.15, 0.2) is 72.8 Å². The first-order valence-corrected chi connectivity index (χ1v) is 9.93. The molecule has 1 aliphatic heterocycles. The molecule has 0 radical (unpaired) electrons. The second-order valence-corrected chi connectivity index (χ2v) is 7.57. The lowest BCUT2D eigenvalue weighted by Gasteiger charge is -2.32. The number of piperidine rings is 1. The number of benzene rings is 3. The molecule has 140 valence electrons. The number of Topliss-reactive ketones (excluding diaryl/α,β-unsaturated/α-hetero) is 1. The summed E-state index contributed by atoms with van der Waals surface area (Å²) in [6, 6.07) is 26.6. The van der Waals surface area contributed by atoms with Gasteiger partial charge in [0.05, 0.1) is 6.07 Å². The summed E-state index contributed by atoms with van der Waals surface area (Å²) in [6.07, 6.45) is 1.66. The molecule has 1 unspecified atom stereocenters. The molecule has 0 aliphatic carbocycles. The van der Waals surface area contributed by atoms with E-state index in [1.54, 1.807) is 0 Å². The highest BCUT2D eigenvalue weighted by Gasteiger charge is 2.31. The van der Waals surface area contributed by atoms with E-state index in [2.05, 4.69) is 35.2 Å². The van der Waals surface area contributed by atoms with E-state index in [0.29, 0.717) is 0 Å². The molecule has 1 saturated heterocycles. The van der Waals surface area contributed by atoms with Crippen molar-refractivity contribution in [3.05, 3.63) is 83.9 Å². The molecule has 3 nitrogen and oxygen atoms in total. The Kier molecular flexibility index (Phi) is 5.50. The summed E-state index contributed by atoms with van der Waals surface area (Å²) in [5, 5.41) is 11.9. The van der Waals surface area contributed by atoms with Crippen molar-refractivity contribution in [2.24, 2.45) is 5.92 Å². The Morgan fingerprint density at radius 3 is 2.39 bits per heavy atom. The average Bonchev–Trinajstić information content (AvgIpc) is 2.75. The van der Waals surface area contributed by atoms with Crippen molar-refractivity contribution in [2.45, 2.75) is 25.3 Å². The van der Waals surface area contributed by atoms with Crippen LogP contribution in [-0.2, 0) is 11.3 Å². The van der Waals surface area contributed by atoms with Crippen LogP contribution < -0.4 is 0 Å². The Morgan fingerprint density at radius 1 is 0.964 bits per heavy atom. The zero-order valence-electron chi connectivity index (χ0n) is 15.9. The van der Waals surface area contributed by atoms with E-state index >= 15 is 0 Å². The van der Waals surface area contributed by atoms with Crippen molar-refractivity contribution >= 4 is 16.6 Å². The van der Waals surface area contributed by atoms with Gasteiger partial charge in [-0.2, -0.15) is 5.26 Å². The lowest BCUT2D eigenvalue weighted by Crippen LogP contribution is -2.37. The molecule has 0 spiro atoms. The van der Waals surface area contributed by atoms with Crippen molar-refractivity contribution in [1.82, 2.24) is 4.90 Å². The first-order chi connectivity index (χ1) is 13.8. The number of nitriles is 1. The van der Waals surface area contributed by atoms with Crippen LogP contribution in [-0.4, -0.2) is 23.8 Å². The molecule has 0 N–H and O–H groups in total. The van der Waals surface area contributed by atoms with Gasteiger partial charge in [-0.3, -0.25) is 9.69 Å². The summed E-state index contributed by atoms with van der Waals surface area (Å²) in [5.74, 6) is -0.634. The molecule has 0 aromatic heterocycles. The highest BCUT2D eigenvalue weighted by Crippen LogP contribution is 2.31. The molecule has 28 heavy (non-hydrogen) atoms. The van der Waals surface area contributed by atoms with Gasteiger partial charge in [-0.25, -0.2) is 0 Å². The molecule has 4 rings (SSSR count). The van der Waals surface area contributed by atoms with E-state index in [1.165, 1.54) is 5.56 Å². The Morgan fingerprint density at radius 2 is 1.64 bits per heavy atom. The first-order valence-electron chi connectivity index (χ1n) is 9.93. The fourth-order valence-corrected chi connectivity index (χ4v) is 4.24. The van der Waals surface area contributed by atoms with Crippen LogP contribution in [0.4, 0.5) is 0 Å². The van der Waals surface area contributed by atoms with E-state index in [1.807, 2.05) is 48.5 Å². The number of ketones is 1. The van der Waals surface area contributed by atoms with Gasteiger partial charge in [-0.1, -0.05) is 72.8 Å². The average molecular weight is 368 g/mol. The minimum atomic E-state index is -0.684. The maximum atomic E-state index is 13.2. The first kappa shape index (κ1) is 18.4. The number of hydrogen-bond donors (Lipinski definition) is 0. The van der Waals surface area contributed by atoms with Gasteiger partial charge in [0, 0.05) is 12.5 Å². The third-order valence-corrected chi connectivity index (χ3v) is 5.79. The van der Waals surface area contributed by atoms with Crippen LogP contribution in [0.5, 0.6) is 0 Å². The van der Waals surface area contributed by atoms with Crippen LogP contribution in [0.25, 0.3) is 10.8 Å². The van der Waals surface area contributed by atoms with Gasteiger partial charge >= 0.3 is 0 Å². The van der Waals surface area contributed by atoms with Gasteiger partial charge in [0.2, 0.25) is 0 Å². The number of carbonyl (C=O) groups excluding carboxylic acids is 1. The van der Waals surface area contributed by atoms with E-state index in [9.17, 15) is 10.1 Å². The van der Waals surface area contributed by atoms with Gasteiger partial charge in [0.1, 0.15) is 5.92 Å². The third-order valence-electron chi connectivity index (χ3n) is 5.79. The summed E-state index contributed by atoms with van der Waals surface area (Å²) in [4.78, 5) is 15.6. The van der Waals surface area contributed by atoms with Gasteiger partial charge in [-0.15, -0.1) is 0 Å². The zero-order chi connectivity index (χ0) is 19.3. The molecule has 3 aromatic rings. The maximum absolute atomic E-state index is 13.2. The zero-order valence-corrected chi connectivity index (χ0v) is 15.9. The summed E-state index contributed by atoms with van der Waals surface area (Å²) < 4.78 is 0. The second-order valence-electron chi connectivity index (χ2n) is 7.57. The fraction of sp³-hybridized carbons (Fsp3) is 0.280. The Bertz CT molecular complexity index is 992. The summed E-state index contributed by atoms with van der Waals surface area (Å²) in [7, 11) is 0. The van der Waals surface area contributed by atoms with Crippen LogP contribution in [0, 0.1) is 17.2 Å². The minimum absolute atomic E-state index is 0.0318. The van der Waals surface area contributed by atoms with Gasteiger partial charge < -0.3 is 0 Å². The number of hydrogen-bond acceptors (Lipinski definition) is 3. The van der Waals surface area contributed by atoms with E-state index < -0.39 is 5.92 Å². The summed E-state index contributed by atoms with van der Waals surface area (Å²) >= 11 is 0. The molecule has 0 saturated carbocycles. The van der Waals surface area contributed by atoms with E-state index in [-0.39, 0.29) is 11.7 Å². The number of nitrogens with zero attached hydrogens (tertiary/aromatic N) is 2. The second kappa shape index (κ2) is 8.37. The van der Waals surface area contributed by atoms with Gasteiger partial charge in [-0.05, 0) is 47.8 Å². The molecular formula is C25H24N2O. The van der Waals surface area contributed by atoms with Crippen molar-refractivity contribution in [3.8, 4) is 6.07 Å². The molecule has 1 fully saturated rings. The Balaban J connectivity index is 1.46. The molecule has 1 heterocycles. The van der Waals surface area contributed by atoms with Crippen molar-refractivity contribution in [1.29, 1.82) is 5.26 Å². The van der Waals surface area contributed by atoms with Crippen molar-refractivity contribution < 1.29 is 4.79 Å². The molecule has 0 amide bonds. The fourth-order valence-electron chi connectivity index (χ4n) is 4.24. The topological polar surface area (TPSA) is 44.1 Å². The maximum Gasteiger partial charge on any atom is 0.157 e. The molecule has 1 aliphatic rings. The highest BCUT2D eigenvalue weighted by molar-refractivity contribution is 5.96. The van der Waals surface area contributed by atoms with Crippen molar-refractivity contribution in [2.75, 3.05) is 13.1 Å². The Hall–Kier alpha value is -2.96. The highest BCUT2D eigenvalue weighted by atomic mass is 16.1. The predicted octanol–water partition coefficient (Wildman–Crippen LogP) is 4.93. The SMILES string of the molecule is N#CC(C(=O)C1CCN(Cc2ccccc2)CC1)c1cccc2ccccc12. The standard InChI is InChI=1S/C25H24N2O/c26-17-24(23-12-6-10-20-9-4-5-11-22(20)23)25(28)21-13-15-27(16-14-21)18-19-7-2-1-3-8-19/h1-12,21,24H,13-16,18H2. The molecular weight excluding hydrogens is 344 g/mol. The van der Waals surface area contributed by atoms with E-state index in [4.69, 9.17) is 0 Å². The van der Waals surface area contributed by atoms with Crippen LogP contribution >= 0.6 is 0 Å². The van der Waals surface area contributed by atoms with Gasteiger partial charge in [0.15, 0.2) is 5.78 Å². The van der Waals surface area contributed by atoms with E-state index in [0.717, 1.165) is 48.8 Å². The van der Waals surface area contributed by atoms with Crippen molar-refractivity contribution in [3.63, 3.8) is 0 Å². The molecule has 3 aromatic carbocycles. The summed E-state index contributed by atoms with van der Waals surface area (Å²) in [6.45, 7) is 2.73. The quantitative estimate of drug-likeness (QED) is 0.641. The van der Waals surface area contributed by atoms with Crippen LogP contribution in [0.2, 0.25) is 0 Å². The number of fused-ring (bicyclic) bond motifs is 1. The number of rotatable bonds is 5. The molecule has 1 atom stereocenters. The van der Waals surface area contributed by atoms with Crippen LogP contribution in [0.3, 0.4) is 0 Å². The summed E-state index contributed by atoms with van der Waals surface area (Å²) in [5.41, 5.74) is 2.15. The molecule has 0 bridgehead atoms. The minimum Gasteiger partial charge on any atom is -0.299 e. The largest absolute Gasteiger partial charge is 0.299 e. The lowest BCUT2D eigenvalue weighted by molar-refractivity contribution is -0.124. The smallest absolute Gasteiger partial charge is 0.157 e. The normalized spacial score (nSPS) is 16.5. The lowest BCUT2D eigenvalue weighted by atomic mass is 9.82. The third kappa shape index (κ3) is 3.83. The Labute approximate surface area is 166 Å². The van der Waals surface area contributed by atoms with Gasteiger partial charge in [0.25, 0.3) is 0 Å². The molecule has 3 heteroatoms. The number of carbonyl (C=O) groups is 1. The van der Waals surface area contributed by atoms with Crippen LogP contribution in [0.1, 0.15) is 29.9 Å². The number of likely N-dealkylation sites (tertiary alicyclic amines) is 1. The monoisotopic (exact) mass is 368 g/mol.